The number of rotatable bonds is 7. The Morgan fingerprint density at radius 1 is 1.53 bits per heavy atom. The van der Waals surface area contributed by atoms with Crippen molar-refractivity contribution in [2.75, 3.05) is 13.7 Å². The van der Waals surface area contributed by atoms with Crippen LogP contribution >= 0.6 is 0 Å². The summed E-state index contributed by atoms with van der Waals surface area (Å²) in [5.74, 6) is 0. The summed E-state index contributed by atoms with van der Waals surface area (Å²) >= 11 is 0. The zero-order valence-electron chi connectivity index (χ0n) is 10.3. The number of aliphatic hydroxyl groups excluding tert-OH is 1. The molecule has 0 aromatic carbocycles. The van der Waals surface area contributed by atoms with Gasteiger partial charge in [0.2, 0.25) is 0 Å². The van der Waals surface area contributed by atoms with E-state index in [4.69, 9.17) is 15.1 Å². The van der Waals surface area contributed by atoms with Crippen molar-refractivity contribution in [3.63, 3.8) is 0 Å². The number of methoxy groups -OCH3 is 1. The number of aromatic nitrogens is 3. The van der Waals surface area contributed by atoms with Crippen LogP contribution in [0.5, 0.6) is 0 Å². The predicted octanol–water partition coefficient (Wildman–Crippen LogP) is 0.824. The van der Waals surface area contributed by atoms with Crippen LogP contribution in [0.3, 0.4) is 0 Å². The second-order valence-electron chi connectivity index (χ2n) is 3.79. The van der Waals surface area contributed by atoms with Gasteiger partial charge in [0, 0.05) is 20.3 Å². The van der Waals surface area contributed by atoms with E-state index in [-0.39, 0.29) is 19.1 Å². The third-order valence-electron chi connectivity index (χ3n) is 2.61. The van der Waals surface area contributed by atoms with Crippen LogP contribution in [0.2, 0.25) is 0 Å². The van der Waals surface area contributed by atoms with Crippen LogP contribution < -0.4 is 0 Å². The lowest BCUT2D eigenvalue weighted by Gasteiger charge is -2.12. The number of unbranched alkanes of at least 4 members (excludes halogenated alkanes) is 1. The fourth-order valence-corrected chi connectivity index (χ4v) is 1.65. The molecule has 1 aromatic heterocycles. The molecule has 0 aliphatic heterocycles. The molecule has 0 amide bonds. The van der Waals surface area contributed by atoms with E-state index in [1.54, 1.807) is 11.8 Å². The maximum absolute atomic E-state index is 8.75. The van der Waals surface area contributed by atoms with Crippen molar-refractivity contribution in [2.24, 2.45) is 0 Å². The van der Waals surface area contributed by atoms with Gasteiger partial charge in [-0.05, 0) is 19.8 Å². The molecule has 0 bridgehead atoms. The van der Waals surface area contributed by atoms with Gasteiger partial charge in [-0.3, -0.25) is 0 Å². The van der Waals surface area contributed by atoms with E-state index in [0.717, 1.165) is 18.5 Å². The monoisotopic (exact) mass is 238 g/mol. The topological polar surface area (TPSA) is 84.0 Å². The highest BCUT2D eigenvalue weighted by atomic mass is 16.5. The summed E-state index contributed by atoms with van der Waals surface area (Å²) in [5.41, 5.74) is 1.53. The molecule has 0 aliphatic carbocycles. The minimum Gasteiger partial charge on any atom is -0.396 e. The molecule has 17 heavy (non-hydrogen) atoms. The first kappa shape index (κ1) is 13.6. The molecule has 0 spiro atoms. The summed E-state index contributed by atoms with van der Waals surface area (Å²) in [7, 11) is 1.62. The van der Waals surface area contributed by atoms with Crippen LogP contribution in [0, 0.1) is 11.3 Å². The van der Waals surface area contributed by atoms with Gasteiger partial charge >= 0.3 is 0 Å². The Morgan fingerprint density at radius 3 is 2.88 bits per heavy atom. The summed E-state index contributed by atoms with van der Waals surface area (Å²) in [6.07, 6.45) is 1.66. The fraction of sp³-hybridized carbons (Fsp3) is 0.727. The van der Waals surface area contributed by atoms with Crippen LogP contribution in [0.25, 0.3) is 0 Å². The number of aryl methyl sites for hydroxylation is 1. The lowest BCUT2D eigenvalue weighted by molar-refractivity contribution is 0.110. The van der Waals surface area contributed by atoms with Crippen molar-refractivity contribution < 1.29 is 9.84 Å². The second kappa shape index (κ2) is 6.99. The molecule has 0 radical (unpaired) electrons. The SMILES string of the molecule is COC(C)c1c(CC#N)nnn1CCCCO. The third-order valence-corrected chi connectivity index (χ3v) is 2.61. The van der Waals surface area contributed by atoms with Crippen LogP contribution in [0.1, 0.15) is 37.3 Å². The lowest BCUT2D eigenvalue weighted by atomic mass is 10.2. The van der Waals surface area contributed by atoms with Gasteiger partial charge in [-0.2, -0.15) is 5.26 Å². The first-order valence-corrected chi connectivity index (χ1v) is 5.67. The average molecular weight is 238 g/mol. The lowest BCUT2D eigenvalue weighted by Crippen LogP contribution is -2.11. The van der Waals surface area contributed by atoms with Crippen molar-refractivity contribution in [2.45, 2.75) is 38.8 Å². The van der Waals surface area contributed by atoms with Crippen molar-refractivity contribution >= 4 is 0 Å². The number of hydrogen-bond donors (Lipinski definition) is 1. The summed E-state index contributed by atoms with van der Waals surface area (Å²) in [6.45, 7) is 2.76. The van der Waals surface area contributed by atoms with Gasteiger partial charge < -0.3 is 9.84 Å². The molecule has 1 heterocycles. The molecule has 0 saturated carbocycles. The molecular weight excluding hydrogens is 220 g/mol. The zero-order valence-corrected chi connectivity index (χ0v) is 10.3. The van der Waals surface area contributed by atoms with Gasteiger partial charge in [-0.15, -0.1) is 5.10 Å². The van der Waals surface area contributed by atoms with E-state index in [1.165, 1.54) is 0 Å². The molecule has 1 rings (SSSR count). The normalized spacial score (nSPS) is 12.4. The average Bonchev–Trinajstić information content (AvgIpc) is 2.72. The first-order valence-electron chi connectivity index (χ1n) is 5.67. The van der Waals surface area contributed by atoms with Gasteiger partial charge in [0.25, 0.3) is 0 Å². The van der Waals surface area contributed by atoms with Crippen LogP contribution in [0.4, 0.5) is 0 Å². The Morgan fingerprint density at radius 2 is 2.29 bits per heavy atom. The van der Waals surface area contributed by atoms with Crippen molar-refractivity contribution in [1.29, 1.82) is 5.26 Å². The summed E-state index contributed by atoms with van der Waals surface area (Å²) < 4.78 is 7.03. The first-order chi connectivity index (χ1) is 8.24. The third kappa shape index (κ3) is 3.51. The van der Waals surface area contributed by atoms with E-state index in [9.17, 15) is 0 Å². The Balaban J connectivity index is 2.85. The Labute approximate surface area is 101 Å². The molecule has 1 aromatic rings. The van der Waals surface area contributed by atoms with E-state index in [0.29, 0.717) is 12.2 Å². The molecule has 1 N–H and O–H groups in total. The molecule has 0 saturated heterocycles. The zero-order chi connectivity index (χ0) is 12.7. The van der Waals surface area contributed by atoms with E-state index < -0.39 is 0 Å². The van der Waals surface area contributed by atoms with Gasteiger partial charge in [0.15, 0.2) is 0 Å². The standard InChI is InChI=1S/C11H18N4O2/c1-9(17-2)11-10(5-6-12)13-14-15(11)7-3-4-8-16/h9,16H,3-5,7-8H2,1-2H3. The number of hydrogen-bond acceptors (Lipinski definition) is 5. The van der Waals surface area contributed by atoms with Crippen LogP contribution in [-0.2, 0) is 17.7 Å². The van der Waals surface area contributed by atoms with Crippen molar-refractivity contribution in [3.8, 4) is 6.07 Å². The number of nitriles is 1. The van der Waals surface area contributed by atoms with Gasteiger partial charge in [0.05, 0.1) is 24.3 Å². The van der Waals surface area contributed by atoms with E-state index in [2.05, 4.69) is 16.4 Å². The molecular formula is C11H18N4O2. The molecule has 1 unspecified atom stereocenters. The maximum Gasteiger partial charge on any atom is 0.103 e. The molecule has 6 nitrogen and oxygen atoms in total. The van der Waals surface area contributed by atoms with Crippen molar-refractivity contribution in [3.05, 3.63) is 11.4 Å². The molecule has 0 fully saturated rings. The molecule has 0 aliphatic rings. The van der Waals surface area contributed by atoms with Gasteiger partial charge in [-0.25, -0.2) is 4.68 Å². The maximum atomic E-state index is 8.75. The molecule has 6 heteroatoms. The second-order valence-corrected chi connectivity index (χ2v) is 3.79. The van der Waals surface area contributed by atoms with Gasteiger partial charge in [-0.1, -0.05) is 5.21 Å². The van der Waals surface area contributed by atoms with Crippen LogP contribution in [-0.4, -0.2) is 33.8 Å². The smallest absolute Gasteiger partial charge is 0.103 e. The van der Waals surface area contributed by atoms with Crippen molar-refractivity contribution in [1.82, 2.24) is 15.0 Å². The fourth-order valence-electron chi connectivity index (χ4n) is 1.65. The highest BCUT2D eigenvalue weighted by Gasteiger charge is 2.18. The molecule has 1 atom stereocenters. The van der Waals surface area contributed by atoms with Crippen LogP contribution in [0.15, 0.2) is 0 Å². The largest absolute Gasteiger partial charge is 0.396 e. The number of ether oxygens (including phenoxy) is 1. The number of nitrogens with zero attached hydrogens (tertiary/aromatic N) is 4. The quantitative estimate of drug-likeness (QED) is 0.711. The van der Waals surface area contributed by atoms with E-state index >= 15 is 0 Å². The highest BCUT2D eigenvalue weighted by molar-refractivity contribution is 5.16. The Kier molecular flexibility index (Phi) is 5.60. The number of aliphatic hydroxyl groups is 1. The summed E-state index contributed by atoms with van der Waals surface area (Å²) in [5, 5.41) is 25.5. The van der Waals surface area contributed by atoms with Gasteiger partial charge in [0.1, 0.15) is 5.69 Å². The minimum atomic E-state index is -0.137. The summed E-state index contributed by atoms with van der Waals surface area (Å²) in [6, 6.07) is 2.07. The Hall–Kier alpha value is -1.45. The Bertz CT molecular complexity index is 383. The molecule has 94 valence electrons. The predicted molar refractivity (Wildman–Crippen MR) is 61.1 cm³/mol. The highest BCUT2D eigenvalue weighted by Crippen LogP contribution is 2.19. The summed E-state index contributed by atoms with van der Waals surface area (Å²) in [4.78, 5) is 0. The van der Waals surface area contributed by atoms with E-state index in [1.807, 2.05) is 6.92 Å². The minimum absolute atomic E-state index is 0.137.